The Morgan fingerprint density at radius 2 is 2.20 bits per heavy atom. The summed E-state index contributed by atoms with van der Waals surface area (Å²) in [6.45, 7) is -0.0317. The van der Waals surface area contributed by atoms with Crippen LogP contribution in [-0.4, -0.2) is 26.2 Å². The average molecular weight is 295 g/mol. The van der Waals surface area contributed by atoms with E-state index in [1.807, 2.05) is 6.07 Å². The van der Waals surface area contributed by atoms with Crippen LogP contribution in [0.4, 0.5) is 5.69 Å². The fraction of sp³-hybridized carbons (Fsp3) is 0.462. The van der Waals surface area contributed by atoms with E-state index in [0.717, 1.165) is 12.8 Å². The van der Waals surface area contributed by atoms with Crippen molar-refractivity contribution in [3.05, 3.63) is 23.8 Å². The van der Waals surface area contributed by atoms with Crippen LogP contribution in [0.5, 0.6) is 0 Å². The van der Waals surface area contributed by atoms with E-state index >= 15 is 0 Å². The zero-order valence-electron chi connectivity index (χ0n) is 10.9. The lowest BCUT2D eigenvalue weighted by atomic mass is 10.1. The second-order valence-corrected chi connectivity index (χ2v) is 6.65. The molecular weight excluding hydrogens is 278 g/mol. The molecule has 108 valence electrons. The molecule has 0 aromatic heterocycles. The topological polar surface area (TPSA) is 116 Å². The number of nitriles is 1. The third kappa shape index (κ3) is 2.93. The van der Waals surface area contributed by atoms with Gasteiger partial charge in [-0.05, 0) is 37.0 Å². The number of nitrogens with zero attached hydrogens (tertiary/aromatic N) is 1. The Labute approximate surface area is 118 Å². The predicted molar refractivity (Wildman–Crippen MR) is 74.1 cm³/mol. The van der Waals surface area contributed by atoms with Crippen molar-refractivity contribution < 1.29 is 13.5 Å². The van der Waals surface area contributed by atoms with Gasteiger partial charge in [0.05, 0.1) is 17.3 Å². The molecule has 2 rings (SSSR count). The van der Waals surface area contributed by atoms with Crippen LogP contribution in [0.25, 0.3) is 0 Å². The number of rotatable bonds is 4. The lowest BCUT2D eigenvalue weighted by Gasteiger charge is -2.19. The van der Waals surface area contributed by atoms with Crippen LogP contribution in [0.1, 0.15) is 24.8 Å². The van der Waals surface area contributed by atoms with Gasteiger partial charge in [-0.25, -0.2) is 13.1 Å². The molecule has 0 amide bonds. The van der Waals surface area contributed by atoms with Gasteiger partial charge in [0, 0.05) is 12.6 Å². The van der Waals surface area contributed by atoms with Crippen molar-refractivity contribution in [1.29, 1.82) is 5.26 Å². The molecule has 7 heteroatoms. The quantitative estimate of drug-likeness (QED) is 0.703. The van der Waals surface area contributed by atoms with E-state index < -0.39 is 10.0 Å². The smallest absolute Gasteiger partial charge is 0.242 e. The van der Waals surface area contributed by atoms with Gasteiger partial charge >= 0.3 is 0 Å². The van der Waals surface area contributed by atoms with Gasteiger partial charge in [0.15, 0.2) is 0 Å². The van der Waals surface area contributed by atoms with Crippen LogP contribution in [0.2, 0.25) is 0 Å². The molecule has 1 aliphatic rings. The molecular formula is C13H17N3O3S. The Kier molecular flexibility index (Phi) is 4.28. The summed E-state index contributed by atoms with van der Waals surface area (Å²) in [4.78, 5) is -0.0277. The van der Waals surface area contributed by atoms with Crippen molar-refractivity contribution in [3.63, 3.8) is 0 Å². The average Bonchev–Trinajstić information content (AvgIpc) is 2.84. The Morgan fingerprint density at radius 3 is 2.80 bits per heavy atom. The Hall–Kier alpha value is -1.62. The number of hydrogen-bond donors (Lipinski definition) is 3. The summed E-state index contributed by atoms with van der Waals surface area (Å²) in [5.41, 5.74) is 6.07. The van der Waals surface area contributed by atoms with Crippen molar-refractivity contribution in [2.24, 2.45) is 5.92 Å². The molecule has 0 heterocycles. The number of benzene rings is 1. The first kappa shape index (κ1) is 14.8. The number of nitrogens with two attached hydrogens (primary N) is 1. The molecule has 1 fully saturated rings. The first-order valence-electron chi connectivity index (χ1n) is 6.40. The molecule has 1 aliphatic carbocycles. The van der Waals surface area contributed by atoms with Crippen LogP contribution < -0.4 is 10.5 Å². The number of aliphatic hydroxyl groups excluding tert-OH is 1. The fourth-order valence-corrected chi connectivity index (χ4v) is 3.99. The molecule has 1 aromatic rings. The van der Waals surface area contributed by atoms with Gasteiger partial charge in [-0.15, -0.1) is 0 Å². The third-order valence-corrected chi connectivity index (χ3v) is 5.19. The highest BCUT2D eigenvalue weighted by atomic mass is 32.2. The number of hydrogen-bond acceptors (Lipinski definition) is 5. The minimum atomic E-state index is -3.74. The Morgan fingerprint density at radius 1 is 1.45 bits per heavy atom. The van der Waals surface area contributed by atoms with Crippen LogP contribution in [0.15, 0.2) is 23.1 Å². The summed E-state index contributed by atoms with van der Waals surface area (Å²) in [7, 11) is -3.74. The first-order chi connectivity index (χ1) is 9.47. The third-order valence-electron chi connectivity index (χ3n) is 3.63. The van der Waals surface area contributed by atoms with Crippen LogP contribution >= 0.6 is 0 Å². The van der Waals surface area contributed by atoms with E-state index in [4.69, 9.17) is 11.0 Å². The van der Waals surface area contributed by atoms with Crippen molar-refractivity contribution in [2.75, 3.05) is 12.3 Å². The van der Waals surface area contributed by atoms with Gasteiger partial charge in [-0.3, -0.25) is 0 Å². The second-order valence-electron chi connectivity index (χ2n) is 4.97. The Balaban J connectivity index is 2.25. The molecule has 1 saturated carbocycles. The molecule has 6 nitrogen and oxygen atoms in total. The largest absolute Gasteiger partial charge is 0.398 e. The SMILES string of the molecule is N#Cc1ccc(S(=O)(=O)NC2CCCC2CO)c(N)c1. The van der Waals surface area contributed by atoms with Crippen molar-refractivity contribution in [1.82, 2.24) is 4.72 Å². The van der Waals surface area contributed by atoms with Crippen LogP contribution in [-0.2, 0) is 10.0 Å². The number of sulfonamides is 1. The van der Waals surface area contributed by atoms with E-state index in [1.54, 1.807) is 0 Å². The maximum absolute atomic E-state index is 12.3. The molecule has 0 spiro atoms. The summed E-state index contributed by atoms with van der Waals surface area (Å²) in [5, 5.41) is 18.0. The molecule has 0 saturated heterocycles. The molecule has 2 unspecified atom stereocenters. The highest BCUT2D eigenvalue weighted by molar-refractivity contribution is 7.89. The highest BCUT2D eigenvalue weighted by Gasteiger charge is 2.31. The maximum Gasteiger partial charge on any atom is 0.242 e. The lowest BCUT2D eigenvalue weighted by molar-refractivity contribution is 0.213. The normalized spacial score (nSPS) is 22.6. The molecule has 0 bridgehead atoms. The van der Waals surface area contributed by atoms with Gasteiger partial charge < -0.3 is 10.8 Å². The van der Waals surface area contributed by atoms with E-state index in [-0.39, 0.29) is 29.1 Å². The molecule has 2 atom stereocenters. The molecule has 20 heavy (non-hydrogen) atoms. The molecule has 4 N–H and O–H groups in total. The van der Waals surface area contributed by atoms with Crippen molar-refractivity contribution in [3.8, 4) is 6.07 Å². The standard InChI is InChI=1S/C13H17N3O3S/c14-7-9-4-5-13(11(15)6-9)20(18,19)16-12-3-1-2-10(12)8-17/h4-6,10,12,16-17H,1-3,8,15H2. The van der Waals surface area contributed by atoms with Crippen LogP contribution in [0.3, 0.4) is 0 Å². The van der Waals surface area contributed by atoms with Gasteiger partial charge in [-0.2, -0.15) is 5.26 Å². The van der Waals surface area contributed by atoms with E-state index in [1.165, 1.54) is 18.2 Å². The summed E-state index contributed by atoms with van der Waals surface area (Å²) in [5.74, 6) is -0.0515. The van der Waals surface area contributed by atoms with E-state index in [0.29, 0.717) is 12.0 Å². The molecule has 0 aliphatic heterocycles. The van der Waals surface area contributed by atoms with Gasteiger partial charge in [0.25, 0.3) is 0 Å². The maximum atomic E-state index is 12.3. The number of aliphatic hydroxyl groups is 1. The number of nitrogen functional groups attached to an aromatic ring is 1. The minimum Gasteiger partial charge on any atom is -0.398 e. The van der Waals surface area contributed by atoms with E-state index in [9.17, 15) is 13.5 Å². The van der Waals surface area contributed by atoms with Gasteiger partial charge in [0.2, 0.25) is 10.0 Å². The summed E-state index contributed by atoms with van der Waals surface area (Å²) < 4.78 is 27.2. The first-order valence-corrected chi connectivity index (χ1v) is 7.89. The lowest BCUT2D eigenvalue weighted by Crippen LogP contribution is -2.38. The van der Waals surface area contributed by atoms with Crippen molar-refractivity contribution >= 4 is 15.7 Å². The fourth-order valence-electron chi connectivity index (χ4n) is 2.54. The predicted octanol–water partition coefficient (Wildman–Crippen LogP) is 0.580. The monoisotopic (exact) mass is 295 g/mol. The second kappa shape index (κ2) is 5.79. The Bertz CT molecular complexity index is 637. The van der Waals surface area contributed by atoms with Gasteiger partial charge in [-0.1, -0.05) is 6.42 Å². The highest BCUT2D eigenvalue weighted by Crippen LogP contribution is 2.28. The van der Waals surface area contributed by atoms with Crippen molar-refractivity contribution in [2.45, 2.75) is 30.2 Å². The summed E-state index contributed by atoms with van der Waals surface area (Å²) >= 11 is 0. The zero-order chi connectivity index (χ0) is 14.8. The molecule has 0 radical (unpaired) electrons. The van der Waals surface area contributed by atoms with E-state index in [2.05, 4.69) is 4.72 Å². The number of anilines is 1. The minimum absolute atomic E-state index is 0.0277. The zero-order valence-corrected chi connectivity index (χ0v) is 11.7. The summed E-state index contributed by atoms with van der Waals surface area (Å²) in [6, 6.07) is 5.74. The summed E-state index contributed by atoms with van der Waals surface area (Å²) in [6.07, 6.45) is 2.41. The van der Waals surface area contributed by atoms with Crippen LogP contribution in [0, 0.1) is 17.2 Å². The number of nitrogens with one attached hydrogen (secondary N) is 1. The van der Waals surface area contributed by atoms with Gasteiger partial charge in [0.1, 0.15) is 4.90 Å². The molecule has 1 aromatic carbocycles.